The van der Waals surface area contributed by atoms with Crippen LogP contribution in [0.1, 0.15) is 38.7 Å². The highest BCUT2D eigenvalue weighted by Crippen LogP contribution is 2.30. The lowest BCUT2D eigenvalue weighted by Crippen LogP contribution is -2.23. The third-order valence-electron chi connectivity index (χ3n) is 3.89. The van der Waals surface area contributed by atoms with E-state index in [2.05, 4.69) is 34.0 Å². The van der Waals surface area contributed by atoms with E-state index in [-0.39, 0.29) is 6.61 Å². The van der Waals surface area contributed by atoms with Crippen LogP contribution in [0.5, 0.6) is 0 Å². The first-order valence-electron chi connectivity index (χ1n) is 7.73. The minimum absolute atomic E-state index is 0.284. The van der Waals surface area contributed by atoms with Crippen LogP contribution in [0.2, 0.25) is 0 Å². The van der Waals surface area contributed by atoms with Crippen molar-refractivity contribution in [3.8, 4) is 0 Å². The standard InChI is InChI=1S/C15H26N4O/c1-3-5-13-14(16-4-2)17-11-18-15(13)19-8-6-12(10-19)7-9-20/h11-12,20H,3-10H2,1-2H3,(H,16,17,18). The number of nitrogens with zero attached hydrogens (tertiary/aromatic N) is 3. The van der Waals surface area contributed by atoms with Crippen molar-refractivity contribution in [2.24, 2.45) is 5.92 Å². The molecule has 112 valence electrons. The molecule has 0 aliphatic carbocycles. The van der Waals surface area contributed by atoms with E-state index in [9.17, 15) is 0 Å². The quantitative estimate of drug-likeness (QED) is 0.799. The number of aliphatic hydroxyl groups is 1. The molecule has 2 rings (SSSR count). The van der Waals surface area contributed by atoms with E-state index in [0.29, 0.717) is 5.92 Å². The van der Waals surface area contributed by atoms with Crippen molar-refractivity contribution < 1.29 is 5.11 Å². The summed E-state index contributed by atoms with van der Waals surface area (Å²) in [6.45, 7) is 7.46. The summed E-state index contributed by atoms with van der Waals surface area (Å²) in [5.74, 6) is 2.65. The maximum atomic E-state index is 9.08. The van der Waals surface area contributed by atoms with Crippen molar-refractivity contribution in [3.63, 3.8) is 0 Å². The summed E-state index contributed by atoms with van der Waals surface area (Å²) in [5, 5.41) is 12.4. The molecule has 1 unspecified atom stereocenters. The van der Waals surface area contributed by atoms with Crippen LogP contribution in [-0.2, 0) is 6.42 Å². The molecule has 2 N–H and O–H groups in total. The first-order valence-corrected chi connectivity index (χ1v) is 7.73. The zero-order valence-corrected chi connectivity index (χ0v) is 12.6. The van der Waals surface area contributed by atoms with Gasteiger partial charge in [0.25, 0.3) is 0 Å². The molecule has 1 saturated heterocycles. The molecule has 1 aromatic heterocycles. The fourth-order valence-electron chi connectivity index (χ4n) is 2.92. The topological polar surface area (TPSA) is 61.3 Å². The lowest BCUT2D eigenvalue weighted by molar-refractivity contribution is 0.263. The van der Waals surface area contributed by atoms with Gasteiger partial charge in [-0.3, -0.25) is 0 Å². The third-order valence-corrected chi connectivity index (χ3v) is 3.89. The van der Waals surface area contributed by atoms with Crippen LogP contribution in [0.25, 0.3) is 0 Å². The lowest BCUT2D eigenvalue weighted by atomic mass is 10.1. The van der Waals surface area contributed by atoms with Crippen molar-refractivity contribution in [3.05, 3.63) is 11.9 Å². The minimum Gasteiger partial charge on any atom is -0.396 e. The Bertz CT molecular complexity index is 424. The number of rotatable bonds is 7. The van der Waals surface area contributed by atoms with Crippen LogP contribution in [0.4, 0.5) is 11.6 Å². The highest BCUT2D eigenvalue weighted by molar-refractivity contribution is 5.59. The van der Waals surface area contributed by atoms with Crippen LogP contribution in [-0.4, -0.2) is 41.3 Å². The Morgan fingerprint density at radius 1 is 1.40 bits per heavy atom. The molecular formula is C15H26N4O. The monoisotopic (exact) mass is 278 g/mol. The van der Waals surface area contributed by atoms with E-state index in [0.717, 1.165) is 57.0 Å². The van der Waals surface area contributed by atoms with E-state index in [1.165, 1.54) is 5.56 Å². The molecular weight excluding hydrogens is 252 g/mol. The molecule has 0 bridgehead atoms. The normalized spacial score (nSPS) is 18.6. The van der Waals surface area contributed by atoms with Crippen molar-refractivity contribution >= 4 is 11.6 Å². The van der Waals surface area contributed by atoms with Gasteiger partial charge >= 0.3 is 0 Å². The summed E-state index contributed by atoms with van der Waals surface area (Å²) in [7, 11) is 0. The predicted molar refractivity (Wildman–Crippen MR) is 82.2 cm³/mol. The smallest absolute Gasteiger partial charge is 0.137 e. The Balaban J connectivity index is 2.20. The van der Waals surface area contributed by atoms with Gasteiger partial charge in [0.2, 0.25) is 0 Å². The molecule has 0 radical (unpaired) electrons. The number of nitrogens with one attached hydrogen (secondary N) is 1. The highest BCUT2D eigenvalue weighted by atomic mass is 16.3. The average molecular weight is 278 g/mol. The first kappa shape index (κ1) is 15.0. The van der Waals surface area contributed by atoms with Gasteiger partial charge in [0.1, 0.15) is 18.0 Å². The van der Waals surface area contributed by atoms with E-state index in [4.69, 9.17) is 5.11 Å². The van der Waals surface area contributed by atoms with Gasteiger partial charge in [-0.2, -0.15) is 0 Å². The molecule has 1 aliphatic rings. The third kappa shape index (κ3) is 3.39. The molecule has 0 aromatic carbocycles. The van der Waals surface area contributed by atoms with Crippen molar-refractivity contribution in [2.45, 2.75) is 39.5 Å². The number of anilines is 2. The van der Waals surface area contributed by atoms with E-state index in [1.54, 1.807) is 6.33 Å². The lowest BCUT2D eigenvalue weighted by Gasteiger charge is -2.22. The van der Waals surface area contributed by atoms with Gasteiger partial charge in [-0.15, -0.1) is 0 Å². The Morgan fingerprint density at radius 2 is 2.25 bits per heavy atom. The maximum absolute atomic E-state index is 9.08. The molecule has 1 aliphatic heterocycles. The number of aromatic nitrogens is 2. The fourth-order valence-corrected chi connectivity index (χ4v) is 2.92. The molecule has 5 heteroatoms. The zero-order chi connectivity index (χ0) is 14.4. The summed E-state index contributed by atoms with van der Waals surface area (Å²) in [4.78, 5) is 11.3. The molecule has 0 saturated carbocycles. The summed E-state index contributed by atoms with van der Waals surface area (Å²) in [6, 6.07) is 0. The number of hydrogen-bond acceptors (Lipinski definition) is 5. The van der Waals surface area contributed by atoms with Crippen LogP contribution in [0, 0.1) is 5.92 Å². The second kappa shape index (κ2) is 7.43. The van der Waals surface area contributed by atoms with E-state index >= 15 is 0 Å². The predicted octanol–water partition coefficient (Wildman–Crippen LogP) is 2.07. The Morgan fingerprint density at radius 3 is 2.95 bits per heavy atom. The van der Waals surface area contributed by atoms with Crippen LogP contribution < -0.4 is 10.2 Å². The molecule has 5 nitrogen and oxygen atoms in total. The number of hydrogen-bond donors (Lipinski definition) is 2. The summed E-state index contributed by atoms with van der Waals surface area (Å²) < 4.78 is 0. The summed E-state index contributed by atoms with van der Waals surface area (Å²) >= 11 is 0. The molecule has 0 spiro atoms. The van der Waals surface area contributed by atoms with Crippen molar-refractivity contribution in [1.29, 1.82) is 0 Å². The minimum atomic E-state index is 0.284. The SMILES string of the molecule is CCCc1c(NCC)ncnc1N1CCC(CCO)C1. The largest absolute Gasteiger partial charge is 0.396 e. The van der Waals surface area contributed by atoms with Gasteiger partial charge in [-0.05, 0) is 32.1 Å². The van der Waals surface area contributed by atoms with Gasteiger partial charge in [-0.25, -0.2) is 9.97 Å². The van der Waals surface area contributed by atoms with Gasteiger partial charge in [-0.1, -0.05) is 13.3 Å². The Labute approximate surface area is 121 Å². The number of aliphatic hydroxyl groups excluding tert-OH is 1. The van der Waals surface area contributed by atoms with Crippen LogP contribution in [0.3, 0.4) is 0 Å². The second-order valence-electron chi connectivity index (χ2n) is 5.42. The Hall–Kier alpha value is -1.36. The van der Waals surface area contributed by atoms with E-state index in [1.807, 2.05) is 0 Å². The van der Waals surface area contributed by atoms with Gasteiger partial charge in [0.15, 0.2) is 0 Å². The van der Waals surface area contributed by atoms with Gasteiger partial charge < -0.3 is 15.3 Å². The fraction of sp³-hybridized carbons (Fsp3) is 0.733. The molecule has 1 fully saturated rings. The second-order valence-corrected chi connectivity index (χ2v) is 5.42. The molecule has 0 amide bonds. The molecule has 20 heavy (non-hydrogen) atoms. The van der Waals surface area contributed by atoms with E-state index < -0.39 is 0 Å². The van der Waals surface area contributed by atoms with Crippen molar-refractivity contribution in [2.75, 3.05) is 36.5 Å². The van der Waals surface area contributed by atoms with Crippen LogP contribution >= 0.6 is 0 Å². The van der Waals surface area contributed by atoms with Crippen molar-refractivity contribution in [1.82, 2.24) is 9.97 Å². The van der Waals surface area contributed by atoms with Gasteiger partial charge in [0, 0.05) is 31.8 Å². The maximum Gasteiger partial charge on any atom is 0.137 e. The molecule has 1 atom stereocenters. The zero-order valence-electron chi connectivity index (χ0n) is 12.6. The summed E-state index contributed by atoms with van der Waals surface area (Å²) in [6.07, 6.45) is 5.79. The highest BCUT2D eigenvalue weighted by Gasteiger charge is 2.25. The van der Waals surface area contributed by atoms with Gasteiger partial charge in [0.05, 0.1) is 0 Å². The average Bonchev–Trinajstić information content (AvgIpc) is 2.90. The molecule has 1 aromatic rings. The molecule has 2 heterocycles. The Kier molecular flexibility index (Phi) is 5.59. The summed E-state index contributed by atoms with van der Waals surface area (Å²) in [5.41, 5.74) is 1.24. The van der Waals surface area contributed by atoms with Crippen LogP contribution in [0.15, 0.2) is 6.33 Å². The first-order chi connectivity index (χ1) is 9.80.